The highest BCUT2D eigenvalue weighted by Gasteiger charge is 2.00. The third-order valence-electron chi connectivity index (χ3n) is 7.33. The summed E-state index contributed by atoms with van der Waals surface area (Å²) in [5, 5.41) is 25.0. The van der Waals surface area contributed by atoms with E-state index in [2.05, 4.69) is 34.3 Å². The molecule has 0 bridgehead atoms. The van der Waals surface area contributed by atoms with Gasteiger partial charge in [0.15, 0.2) is 0 Å². The summed E-state index contributed by atoms with van der Waals surface area (Å²) < 4.78 is 4.78. The van der Waals surface area contributed by atoms with Crippen LogP contribution >= 0.6 is 0 Å². The van der Waals surface area contributed by atoms with Gasteiger partial charge in [0.2, 0.25) is 0 Å². The van der Waals surface area contributed by atoms with Crippen molar-refractivity contribution in [1.82, 2.24) is 0 Å². The fourth-order valence-electron chi connectivity index (χ4n) is 4.44. The molecular formula is C39H76O8. The quantitative estimate of drug-likeness (QED) is 0.0389. The molecule has 0 spiro atoms. The maximum atomic E-state index is 10.8. The minimum atomic E-state index is -0.670. The second-order valence-corrected chi connectivity index (χ2v) is 12.2. The molecule has 0 saturated carbocycles. The van der Waals surface area contributed by atoms with E-state index >= 15 is 0 Å². The topological polar surface area (TPSA) is 138 Å². The summed E-state index contributed by atoms with van der Waals surface area (Å²) in [7, 11) is 0. The van der Waals surface area contributed by atoms with Gasteiger partial charge in [0, 0.05) is 25.7 Å². The first-order chi connectivity index (χ1) is 22.6. The first-order valence-corrected chi connectivity index (χ1v) is 19.0. The van der Waals surface area contributed by atoms with Gasteiger partial charge in [-0.05, 0) is 25.7 Å². The zero-order valence-electron chi connectivity index (χ0n) is 31.2. The number of aliphatic carboxylic acids is 3. The molecule has 0 amide bonds. The van der Waals surface area contributed by atoms with Crippen LogP contribution in [0, 0.1) is 0 Å². The monoisotopic (exact) mass is 673 g/mol. The third kappa shape index (κ3) is 66.8. The molecule has 0 rings (SSSR count). The molecule has 0 fully saturated rings. The Bertz CT molecular complexity index is 678. The molecular weight excluding hydrogens is 596 g/mol. The molecule has 280 valence electrons. The standard InChI is InChI=1S/C12H24O2.C10H20O2.C9H16O2.C8H16O2/c1-2-3-4-5-6-7-8-9-10-11-12(13)14;1-2-3-4-5-6-7-8-9-10(11)12;1-3-5-6-7-9(10)11-8-4-2;1-2-3-4-5-6-7-8(9)10/h2-11H2,1H3,(H,13,14);2-9H2,1H3,(H,11,12);4H,2-3,5-8H2,1H3;2-7H2,1H3,(H,9,10). The number of carbonyl (C=O) groups excluding carboxylic acids is 1. The Kier molecular flexibility index (Phi) is 52.6. The van der Waals surface area contributed by atoms with Crippen LogP contribution in [0.1, 0.15) is 207 Å². The van der Waals surface area contributed by atoms with E-state index in [1.54, 1.807) is 6.08 Å². The molecule has 0 aliphatic rings. The van der Waals surface area contributed by atoms with Gasteiger partial charge in [-0.1, -0.05) is 169 Å². The summed E-state index contributed by atoms with van der Waals surface area (Å²) in [6.07, 6.45) is 31.3. The number of rotatable bonds is 30. The largest absolute Gasteiger partial charge is 0.481 e. The summed E-state index contributed by atoms with van der Waals surface area (Å²) >= 11 is 0. The van der Waals surface area contributed by atoms with E-state index in [0.717, 1.165) is 57.8 Å². The lowest BCUT2D eigenvalue weighted by Gasteiger charge is -2.00. The van der Waals surface area contributed by atoms with E-state index < -0.39 is 17.9 Å². The van der Waals surface area contributed by atoms with E-state index in [-0.39, 0.29) is 5.97 Å². The van der Waals surface area contributed by atoms with Crippen molar-refractivity contribution in [2.75, 3.05) is 6.61 Å². The Morgan fingerprint density at radius 3 is 0.915 bits per heavy atom. The molecule has 0 unspecified atom stereocenters. The van der Waals surface area contributed by atoms with Crippen LogP contribution in [0.25, 0.3) is 0 Å². The van der Waals surface area contributed by atoms with Crippen molar-refractivity contribution in [1.29, 1.82) is 0 Å². The zero-order chi connectivity index (χ0) is 36.2. The van der Waals surface area contributed by atoms with Crippen LogP contribution in [0.4, 0.5) is 0 Å². The summed E-state index contributed by atoms with van der Waals surface area (Å²) in [6, 6.07) is 0. The van der Waals surface area contributed by atoms with Gasteiger partial charge in [0.1, 0.15) is 6.61 Å². The Morgan fingerprint density at radius 1 is 0.426 bits per heavy atom. The Hall–Kier alpha value is -2.38. The SMILES string of the molecule is C=CCOC(=O)CCCCC.CCCCCCCC(=O)O.CCCCCCCCCC(=O)O.CCCCCCCCCCCC(=O)O. The highest BCUT2D eigenvalue weighted by molar-refractivity contribution is 5.69. The van der Waals surface area contributed by atoms with Gasteiger partial charge in [0.25, 0.3) is 0 Å². The molecule has 0 saturated heterocycles. The van der Waals surface area contributed by atoms with Crippen molar-refractivity contribution in [2.45, 2.75) is 207 Å². The van der Waals surface area contributed by atoms with Gasteiger partial charge < -0.3 is 20.1 Å². The van der Waals surface area contributed by atoms with E-state index in [0.29, 0.717) is 32.3 Å². The highest BCUT2D eigenvalue weighted by Crippen LogP contribution is 2.10. The van der Waals surface area contributed by atoms with Crippen LogP contribution < -0.4 is 0 Å². The number of carboxylic acid groups (broad SMARTS) is 3. The van der Waals surface area contributed by atoms with Gasteiger partial charge in [0.05, 0.1) is 0 Å². The van der Waals surface area contributed by atoms with Crippen molar-refractivity contribution in [3.05, 3.63) is 12.7 Å². The predicted molar refractivity (Wildman–Crippen MR) is 196 cm³/mol. The summed E-state index contributed by atoms with van der Waals surface area (Å²) in [5.74, 6) is -2.11. The van der Waals surface area contributed by atoms with Crippen LogP contribution in [-0.4, -0.2) is 45.8 Å². The van der Waals surface area contributed by atoms with Crippen LogP contribution in [0.2, 0.25) is 0 Å². The third-order valence-corrected chi connectivity index (χ3v) is 7.33. The molecule has 0 radical (unpaired) electrons. The van der Waals surface area contributed by atoms with Gasteiger partial charge >= 0.3 is 23.9 Å². The van der Waals surface area contributed by atoms with Crippen molar-refractivity contribution in [3.63, 3.8) is 0 Å². The van der Waals surface area contributed by atoms with Crippen LogP contribution in [-0.2, 0) is 23.9 Å². The Balaban J connectivity index is -0.000000264. The minimum absolute atomic E-state index is 0.113. The highest BCUT2D eigenvalue weighted by atomic mass is 16.5. The van der Waals surface area contributed by atoms with Crippen LogP contribution in [0.3, 0.4) is 0 Å². The predicted octanol–water partition coefficient (Wildman–Crippen LogP) is 11.9. The number of unbranched alkanes of at least 4 members (excludes halogenated alkanes) is 20. The molecule has 0 aliphatic heterocycles. The first kappa shape index (κ1) is 51.5. The van der Waals surface area contributed by atoms with E-state index in [1.807, 2.05) is 0 Å². The molecule has 3 N–H and O–H groups in total. The Labute approximate surface area is 289 Å². The molecule has 0 aromatic rings. The van der Waals surface area contributed by atoms with Gasteiger partial charge in [-0.15, -0.1) is 0 Å². The zero-order valence-corrected chi connectivity index (χ0v) is 31.2. The lowest BCUT2D eigenvalue weighted by molar-refractivity contribution is -0.142. The molecule has 47 heavy (non-hydrogen) atoms. The number of hydrogen-bond acceptors (Lipinski definition) is 5. The van der Waals surface area contributed by atoms with Gasteiger partial charge in [-0.2, -0.15) is 0 Å². The van der Waals surface area contributed by atoms with Crippen molar-refractivity contribution < 1.29 is 39.2 Å². The van der Waals surface area contributed by atoms with Crippen molar-refractivity contribution in [2.24, 2.45) is 0 Å². The van der Waals surface area contributed by atoms with Crippen LogP contribution in [0.15, 0.2) is 12.7 Å². The lowest BCUT2D eigenvalue weighted by Crippen LogP contribution is -2.03. The smallest absolute Gasteiger partial charge is 0.306 e. The first-order valence-electron chi connectivity index (χ1n) is 19.0. The van der Waals surface area contributed by atoms with Gasteiger partial charge in [-0.3, -0.25) is 19.2 Å². The van der Waals surface area contributed by atoms with E-state index in [4.69, 9.17) is 20.1 Å². The number of carboxylic acids is 3. The molecule has 8 heteroatoms. The molecule has 0 heterocycles. The number of hydrogen-bond donors (Lipinski definition) is 3. The molecule has 0 atom stereocenters. The lowest BCUT2D eigenvalue weighted by atomic mass is 10.1. The minimum Gasteiger partial charge on any atom is -0.481 e. The molecule has 8 nitrogen and oxygen atoms in total. The summed E-state index contributed by atoms with van der Waals surface area (Å²) in [5.41, 5.74) is 0. The molecule has 0 aliphatic carbocycles. The van der Waals surface area contributed by atoms with Gasteiger partial charge in [-0.25, -0.2) is 0 Å². The fraction of sp³-hybridized carbons (Fsp3) is 0.846. The molecule has 0 aromatic carbocycles. The molecule has 0 aromatic heterocycles. The average molecular weight is 673 g/mol. The normalized spacial score (nSPS) is 9.87. The summed E-state index contributed by atoms with van der Waals surface area (Å²) in [6.45, 7) is 12.5. The maximum Gasteiger partial charge on any atom is 0.306 e. The average Bonchev–Trinajstić information content (AvgIpc) is 3.03. The fourth-order valence-corrected chi connectivity index (χ4v) is 4.44. The van der Waals surface area contributed by atoms with Crippen LogP contribution in [0.5, 0.6) is 0 Å². The second kappa shape index (κ2) is 48.0. The number of carbonyl (C=O) groups is 4. The second-order valence-electron chi connectivity index (χ2n) is 12.2. The number of ether oxygens (including phenoxy) is 1. The Morgan fingerprint density at radius 2 is 0.660 bits per heavy atom. The summed E-state index contributed by atoms with van der Waals surface area (Å²) in [4.78, 5) is 41.2. The van der Waals surface area contributed by atoms with Crippen molar-refractivity contribution in [3.8, 4) is 0 Å². The number of esters is 1. The van der Waals surface area contributed by atoms with Crippen molar-refractivity contribution >= 4 is 23.9 Å². The van der Waals surface area contributed by atoms with E-state index in [9.17, 15) is 19.2 Å². The maximum absolute atomic E-state index is 10.8. The van der Waals surface area contributed by atoms with E-state index in [1.165, 1.54) is 96.3 Å².